The fourth-order valence-electron chi connectivity index (χ4n) is 4.09. The Hall–Kier alpha value is -3.89. The van der Waals surface area contributed by atoms with Crippen molar-refractivity contribution in [2.45, 2.75) is 19.3 Å². The van der Waals surface area contributed by atoms with Crippen LogP contribution in [0.2, 0.25) is 0 Å². The van der Waals surface area contributed by atoms with Gasteiger partial charge < -0.3 is 9.84 Å². The molecule has 4 aromatic rings. The van der Waals surface area contributed by atoms with Crippen LogP contribution in [0.5, 0.6) is 5.75 Å². The first-order valence-corrected chi connectivity index (χ1v) is 13.0. The van der Waals surface area contributed by atoms with Crippen molar-refractivity contribution >= 4 is 26.5 Å². The van der Waals surface area contributed by atoms with E-state index in [0.717, 1.165) is 22.6 Å². The Labute approximate surface area is 208 Å². The van der Waals surface area contributed by atoms with Gasteiger partial charge in [0.15, 0.2) is 0 Å². The smallest absolute Gasteiger partial charge is 0.332 e. The molecule has 36 heavy (non-hydrogen) atoms. The molecular weight excluding hydrogens is 482 g/mol. The highest BCUT2D eigenvalue weighted by atomic mass is 32.2. The molecule has 0 unspecified atom stereocenters. The van der Waals surface area contributed by atoms with E-state index < -0.39 is 26.7 Å². The van der Waals surface area contributed by atoms with Gasteiger partial charge in [-0.25, -0.2) is 13.2 Å². The molecule has 0 atom stereocenters. The van der Waals surface area contributed by atoms with Crippen LogP contribution in [0.15, 0.2) is 70.4 Å². The van der Waals surface area contributed by atoms with Crippen molar-refractivity contribution in [3.8, 4) is 22.6 Å². The van der Waals surface area contributed by atoms with E-state index in [1.54, 1.807) is 31.4 Å². The van der Waals surface area contributed by atoms with Crippen molar-refractivity contribution in [2.75, 3.05) is 24.7 Å². The van der Waals surface area contributed by atoms with Crippen LogP contribution in [0.1, 0.15) is 19.4 Å². The van der Waals surface area contributed by atoms with Gasteiger partial charge in [-0.1, -0.05) is 32.0 Å². The van der Waals surface area contributed by atoms with Gasteiger partial charge in [0.2, 0.25) is 10.0 Å². The highest BCUT2D eigenvalue weighted by molar-refractivity contribution is 7.92. The number of methoxy groups -OCH3 is 1. The van der Waals surface area contributed by atoms with Gasteiger partial charge in [0.05, 0.1) is 25.7 Å². The Morgan fingerprint density at radius 3 is 2.36 bits per heavy atom. The topological polar surface area (TPSA) is 130 Å². The van der Waals surface area contributed by atoms with Crippen molar-refractivity contribution in [1.29, 1.82) is 0 Å². The Balaban J connectivity index is 1.96. The number of aliphatic hydroxyl groups excluding tert-OH is 1. The van der Waals surface area contributed by atoms with Crippen molar-refractivity contribution in [2.24, 2.45) is 0 Å². The number of benzene rings is 3. The SMILES string of the molecule is COc1c(-c2ccc3cc(NS(C)(=O)=O)ccc3c2)cc(-n2ccc(=O)[nH]c2=O)cc1C(C)(C)CO. The molecule has 0 saturated carbocycles. The molecule has 0 aliphatic rings. The minimum Gasteiger partial charge on any atom is -0.496 e. The van der Waals surface area contributed by atoms with E-state index in [9.17, 15) is 23.1 Å². The molecule has 0 spiro atoms. The first-order chi connectivity index (χ1) is 16.9. The maximum Gasteiger partial charge on any atom is 0.332 e. The van der Waals surface area contributed by atoms with Gasteiger partial charge in [-0.05, 0) is 46.7 Å². The summed E-state index contributed by atoms with van der Waals surface area (Å²) in [5.41, 5.74) is 1.33. The molecular formula is C26H27N3O6S. The number of hydrogen-bond acceptors (Lipinski definition) is 6. The molecule has 0 radical (unpaired) electrons. The molecule has 9 nitrogen and oxygen atoms in total. The van der Waals surface area contributed by atoms with E-state index in [-0.39, 0.29) is 6.61 Å². The molecule has 0 bridgehead atoms. The van der Waals surface area contributed by atoms with Crippen LogP contribution in [-0.4, -0.2) is 43.0 Å². The fourth-order valence-corrected chi connectivity index (χ4v) is 4.64. The first kappa shape index (κ1) is 25.2. The summed E-state index contributed by atoms with van der Waals surface area (Å²) >= 11 is 0. The predicted molar refractivity (Wildman–Crippen MR) is 141 cm³/mol. The highest BCUT2D eigenvalue weighted by Gasteiger charge is 2.27. The fraction of sp³-hybridized carbons (Fsp3) is 0.231. The lowest BCUT2D eigenvalue weighted by Crippen LogP contribution is -2.28. The Kier molecular flexibility index (Phi) is 6.50. The molecule has 0 aliphatic heterocycles. The molecule has 0 fully saturated rings. The van der Waals surface area contributed by atoms with Crippen molar-refractivity contribution < 1.29 is 18.3 Å². The van der Waals surface area contributed by atoms with Crippen LogP contribution >= 0.6 is 0 Å². The molecule has 1 aromatic heterocycles. The number of H-pyrrole nitrogens is 1. The van der Waals surface area contributed by atoms with Crippen molar-refractivity contribution in [3.63, 3.8) is 0 Å². The van der Waals surface area contributed by atoms with Crippen LogP contribution < -0.4 is 20.7 Å². The number of aromatic nitrogens is 2. The zero-order valence-corrected chi connectivity index (χ0v) is 21.1. The summed E-state index contributed by atoms with van der Waals surface area (Å²) in [4.78, 5) is 26.4. The van der Waals surface area contributed by atoms with Gasteiger partial charge in [-0.15, -0.1) is 0 Å². The summed E-state index contributed by atoms with van der Waals surface area (Å²) < 4.78 is 32.8. The Morgan fingerprint density at radius 2 is 1.72 bits per heavy atom. The van der Waals surface area contributed by atoms with Crippen molar-refractivity contribution in [1.82, 2.24) is 9.55 Å². The number of hydrogen-bond donors (Lipinski definition) is 3. The van der Waals surface area contributed by atoms with E-state index in [2.05, 4.69) is 9.71 Å². The second kappa shape index (κ2) is 9.29. The third kappa shape index (κ3) is 5.05. The first-order valence-electron chi connectivity index (χ1n) is 11.1. The van der Waals surface area contributed by atoms with Crippen molar-refractivity contribution in [3.05, 3.63) is 87.2 Å². The summed E-state index contributed by atoms with van der Waals surface area (Å²) in [5.74, 6) is 0.546. The van der Waals surface area contributed by atoms with E-state index in [4.69, 9.17) is 4.74 Å². The number of aromatic amines is 1. The standard InChI is InChI=1S/C26H27N3O6S/c1-26(2,15-30)22-14-20(29-10-9-23(31)27-25(29)32)13-21(24(22)35-3)18-6-5-17-12-19(28-36(4,33)34)8-7-16(17)11-18/h5-14,28,30H,15H2,1-4H3,(H,27,31,32). The zero-order chi connectivity index (χ0) is 26.3. The monoisotopic (exact) mass is 509 g/mol. The number of anilines is 1. The van der Waals surface area contributed by atoms with Crippen LogP contribution in [0.25, 0.3) is 27.6 Å². The summed E-state index contributed by atoms with van der Waals surface area (Å²) in [6, 6.07) is 15.7. The second-order valence-corrected chi connectivity index (χ2v) is 11.0. The highest BCUT2D eigenvalue weighted by Crippen LogP contribution is 2.41. The summed E-state index contributed by atoms with van der Waals surface area (Å²) in [7, 11) is -1.85. The number of sulfonamides is 1. The van der Waals surface area contributed by atoms with Crippen LogP contribution in [0.3, 0.4) is 0 Å². The maximum absolute atomic E-state index is 12.6. The minimum atomic E-state index is -3.40. The van der Waals surface area contributed by atoms with Gasteiger partial charge in [-0.3, -0.25) is 19.1 Å². The van der Waals surface area contributed by atoms with Gasteiger partial charge in [-0.2, -0.15) is 0 Å². The number of rotatable bonds is 7. The summed E-state index contributed by atoms with van der Waals surface area (Å²) in [6.07, 6.45) is 2.50. The summed E-state index contributed by atoms with van der Waals surface area (Å²) in [5, 5.41) is 11.8. The molecule has 10 heteroatoms. The minimum absolute atomic E-state index is 0.166. The van der Waals surface area contributed by atoms with Gasteiger partial charge in [0.25, 0.3) is 5.56 Å². The van der Waals surface area contributed by atoms with E-state index in [1.807, 2.05) is 38.1 Å². The molecule has 0 aliphatic carbocycles. The van der Waals surface area contributed by atoms with Gasteiger partial charge in [0.1, 0.15) is 5.75 Å². The molecule has 3 aromatic carbocycles. The van der Waals surface area contributed by atoms with E-state index in [1.165, 1.54) is 16.8 Å². The maximum atomic E-state index is 12.6. The zero-order valence-electron chi connectivity index (χ0n) is 20.3. The quantitative estimate of drug-likeness (QED) is 0.351. The largest absolute Gasteiger partial charge is 0.496 e. The van der Waals surface area contributed by atoms with Crippen LogP contribution in [0, 0.1) is 0 Å². The average molecular weight is 510 g/mol. The average Bonchev–Trinajstić information content (AvgIpc) is 2.82. The Bertz CT molecular complexity index is 1690. The number of fused-ring (bicyclic) bond motifs is 1. The number of ether oxygens (including phenoxy) is 1. The predicted octanol–water partition coefficient (Wildman–Crippen LogP) is 3.00. The lowest BCUT2D eigenvalue weighted by Gasteiger charge is -2.27. The van der Waals surface area contributed by atoms with E-state index in [0.29, 0.717) is 28.3 Å². The molecule has 0 saturated heterocycles. The van der Waals surface area contributed by atoms with Crippen LogP contribution in [0.4, 0.5) is 5.69 Å². The van der Waals surface area contributed by atoms with Crippen LogP contribution in [-0.2, 0) is 15.4 Å². The lowest BCUT2D eigenvalue weighted by molar-refractivity contribution is 0.215. The Morgan fingerprint density at radius 1 is 1.03 bits per heavy atom. The van der Waals surface area contributed by atoms with Gasteiger partial charge in [0, 0.05) is 34.5 Å². The third-order valence-electron chi connectivity index (χ3n) is 5.96. The lowest BCUT2D eigenvalue weighted by atomic mass is 9.82. The summed E-state index contributed by atoms with van der Waals surface area (Å²) in [6.45, 7) is 3.57. The van der Waals surface area contributed by atoms with Gasteiger partial charge >= 0.3 is 5.69 Å². The molecule has 3 N–H and O–H groups in total. The second-order valence-electron chi connectivity index (χ2n) is 9.25. The normalized spacial score (nSPS) is 12.0. The third-order valence-corrected chi connectivity index (χ3v) is 6.57. The number of nitrogens with zero attached hydrogens (tertiary/aromatic N) is 1. The van der Waals surface area contributed by atoms with E-state index >= 15 is 0 Å². The number of nitrogens with one attached hydrogen (secondary N) is 2. The molecule has 0 amide bonds. The molecule has 188 valence electrons. The number of aliphatic hydroxyl groups is 1. The molecule has 1 heterocycles. The molecule has 4 rings (SSSR count).